The predicted octanol–water partition coefficient (Wildman–Crippen LogP) is 3.24. The Kier molecular flexibility index (Phi) is 6.42. The highest BCUT2D eigenvalue weighted by Gasteiger charge is 2.09. The van der Waals surface area contributed by atoms with Gasteiger partial charge in [0.05, 0.1) is 10.7 Å². The van der Waals surface area contributed by atoms with Gasteiger partial charge >= 0.3 is 0 Å². The Balaban J connectivity index is 1.88. The molecule has 1 amide bonds. The van der Waals surface area contributed by atoms with Gasteiger partial charge in [-0.25, -0.2) is 4.98 Å². The molecule has 1 aromatic heterocycles. The van der Waals surface area contributed by atoms with Gasteiger partial charge in [0.1, 0.15) is 0 Å². The number of aliphatic hydroxyl groups excluding tert-OH is 1. The Bertz CT molecular complexity index is 611. The van der Waals surface area contributed by atoms with Gasteiger partial charge in [-0.1, -0.05) is 0 Å². The fourth-order valence-corrected chi connectivity index (χ4v) is 3.42. The number of aryl methyl sites for hydroxylation is 1. The topological polar surface area (TPSA) is 62.2 Å². The number of aromatic nitrogens is 1. The van der Waals surface area contributed by atoms with Crippen LogP contribution in [0.5, 0.6) is 0 Å². The lowest BCUT2D eigenvalue weighted by Gasteiger charge is -2.12. The van der Waals surface area contributed by atoms with Crippen LogP contribution in [0, 0.1) is 6.92 Å². The van der Waals surface area contributed by atoms with E-state index >= 15 is 0 Å². The van der Waals surface area contributed by atoms with Crippen LogP contribution >= 0.6 is 23.1 Å². The molecule has 2 N–H and O–H groups in total. The van der Waals surface area contributed by atoms with Gasteiger partial charge in [0, 0.05) is 34.2 Å². The average Bonchev–Trinajstić information content (AvgIpc) is 2.91. The third-order valence-electron chi connectivity index (χ3n) is 3.11. The monoisotopic (exact) mass is 336 g/mol. The largest absolute Gasteiger partial charge is 0.396 e. The summed E-state index contributed by atoms with van der Waals surface area (Å²) in [6.45, 7) is 3.96. The summed E-state index contributed by atoms with van der Waals surface area (Å²) in [5.41, 5.74) is 1.73. The van der Waals surface area contributed by atoms with E-state index in [4.69, 9.17) is 5.11 Å². The second-order valence-electron chi connectivity index (χ2n) is 5.06. The standard InChI is InChI=1S/C16H20N2O2S2/c1-11(7-8-19)17-16(20)13-3-5-15(6-4-13)22-10-14-9-21-12(2)18-14/h3-6,9,11,19H,7-8,10H2,1-2H3,(H,17,20)/t11-/m1/s1. The number of hydrogen-bond donors (Lipinski definition) is 2. The number of thioether (sulfide) groups is 1. The second kappa shape index (κ2) is 8.31. The smallest absolute Gasteiger partial charge is 0.251 e. The molecule has 0 aliphatic carbocycles. The maximum Gasteiger partial charge on any atom is 0.251 e. The van der Waals surface area contributed by atoms with E-state index < -0.39 is 0 Å². The van der Waals surface area contributed by atoms with Crippen molar-refractivity contribution in [3.63, 3.8) is 0 Å². The number of rotatable bonds is 7. The van der Waals surface area contributed by atoms with E-state index in [9.17, 15) is 4.79 Å². The number of hydrogen-bond acceptors (Lipinski definition) is 5. The van der Waals surface area contributed by atoms with Crippen molar-refractivity contribution >= 4 is 29.0 Å². The van der Waals surface area contributed by atoms with Gasteiger partial charge in [0.25, 0.3) is 5.91 Å². The molecule has 0 saturated carbocycles. The number of carbonyl (C=O) groups is 1. The highest BCUT2D eigenvalue weighted by Crippen LogP contribution is 2.23. The summed E-state index contributed by atoms with van der Waals surface area (Å²) in [6, 6.07) is 7.54. The van der Waals surface area contributed by atoms with E-state index in [1.54, 1.807) is 23.1 Å². The number of nitrogens with zero attached hydrogens (tertiary/aromatic N) is 1. The highest BCUT2D eigenvalue weighted by molar-refractivity contribution is 7.98. The van der Waals surface area contributed by atoms with Crippen molar-refractivity contribution in [3.8, 4) is 0 Å². The third kappa shape index (κ3) is 5.12. The Morgan fingerprint density at radius 3 is 2.73 bits per heavy atom. The van der Waals surface area contributed by atoms with Crippen molar-refractivity contribution in [1.29, 1.82) is 0 Å². The maximum absolute atomic E-state index is 12.0. The first kappa shape index (κ1) is 17.0. The summed E-state index contributed by atoms with van der Waals surface area (Å²) in [4.78, 5) is 17.6. The van der Waals surface area contributed by atoms with Crippen molar-refractivity contribution in [2.75, 3.05) is 6.61 Å². The zero-order valence-electron chi connectivity index (χ0n) is 12.7. The molecule has 1 heterocycles. The van der Waals surface area contributed by atoms with Crippen molar-refractivity contribution in [3.05, 3.63) is 45.9 Å². The van der Waals surface area contributed by atoms with Gasteiger partial charge in [-0.15, -0.1) is 23.1 Å². The first-order valence-electron chi connectivity index (χ1n) is 7.14. The molecule has 0 bridgehead atoms. The average molecular weight is 336 g/mol. The van der Waals surface area contributed by atoms with Crippen LogP contribution in [-0.2, 0) is 5.75 Å². The van der Waals surface area contributed by atoms with Crippen molar-refractivity contribution in [2.24, 2.45) is 0 Å². The molecule has 1 aromatic carbocycles. The van der Waals surface area contributed by atoms with E-state index in [1.807, 2.05) is 38.1 Å². The summed E-state index contributed by atoms with van der Waals surface area (Å²) >= 11 is 3.37. The van der Waals surface area contributed by atoms with Crippen LogP contribution in [0.4, 0.5) is 0 Å². The van der Waals surface area contributed by atoms with Gasteiger partial charge in [-0.3, -0.25) is 4.79 Å². The zero-order valence-corrected chi connectivity index (χ0v) is 14.3. The Hall–Kier alpha value is -1.37. The number of aliphatic hydroxyl groups is 1. The molecule has 0 aliphatic heterocycles. The normalized spacial score (nSPS) is 12.1. The second-order valence-corrected chi connectivity index (χ2v) is 7.17. The van der Waals surface area contributed by atoms with Gasteiger partial charge in [-0.2, -0.15) is 0 Å². The molecule has 118 valence electrons. The number of benzene rings is 1. The Morgan fingerprint density at radius 1 is 1.41 bits per heavy atom. The predicted molar refractivity (Wildman–Crippen MR) is 91.5 cm³/mol. The molecular weight excluding hydrogens is 316 g/mol. The molecule has 0 spiro atoms. The molecule has 0 radical (unpaired) electrons. The zero-order chi connectivity index (χ0) is 15.9. The molecule has 2 rings (SSSR count). The highest BCUT2D eigenvalue weighted by atomic mass is 32.2. The minimum atomic E-state index is -0.104. The van der Waals surface area contributed by atoms with Gasteiger partial charge in [-0.05, 0) is 44.5 Å². The van der Waals surface area contributed by atoms with Crippen LogP contribution in [-0.4, -0.2) is 28.6 Å². The molecule has 0 fully saturated rings. The summed E-state index contributed by atoms with van der Waals surface area (Å²) < 4.78 is 0. The minimum absolute atomic E-state index is 0.0283. The Morgan fingerprint density at radius 2 is 2.14 bits per heavy atom. The van der Waals surface area contributed by atoms with Gasteiger partial charge < -0.3 is 10.4 Å². The molecular formula is C16H20N2O2S2. The molecule has 4 nitrogen and oxygen atoms in total. The van der Waals surface area contributed by atoms with E-state index in [1.165, 1.54) is 0 Å². The van der Waals surface area contributed by atoms with Crippen molar-refractivity contribution < 1.29 is 9.90 Å². The molecule has 2 aromatic rings. The lowest BCUT2D eigenvalue weighted by atomic mass is 10.2. The van der Waals surface area contributed by atoms with Gasteiger partial charge in [0.2, 0.25) is 0 Å². The lowest BCUT2D eigenvalue weighted by molar-refractivity contribution is 0.0934. The summed E-state index contributed by atoms with van der Waals surface area (Å²) in [5, 5.41) is 14.9. The van der Waals surface area contributed by atoms with Crippen LogP contribution < -0.4 is 5.32 Å². The van der Waals surface area contributed by atoms with E-state index in [0.29, 0.717) is 12.0 Å². The number of thiazole rings is 1. The molecule has 0 unspecified atom stereocenters. The number of carbonyl (C=O) groups excluding carboxylic acids is 1. The quantitative estimate of drug-likeness (QED) is 0.762. The molecule has 0 saturated heterocycles. The van der Waals surface area contributed by atoms with Crippen LogP contribution in [0.1, 0.15) is 34.4 Å². The van der Waals surface area contributed by atoms with Crippen molar-refractivity contribution in [1.82, 2.24) is 10.3 Å². The number of nitrogens with one attached hydrogen (secondary N) is 1. The Labute approximate surface area is 139 Å². The van der Waals surface area contributed by atoms with E-state index in [2.05, 4.69) is 15.7 Å². The SMILES string of the molecule is Cc1nc(CSc2ccc(C(=O)N[C@H](C)CCO)cc2)cs1. The fraction of sp³-hybridized carbons (Fsp3) is 0.375. The minimum Gasteiger partial charge on any atom is -0.396 e. The van der Waals surface area contributed by atoms with Crippen LogP contribution in [0.15, 0.2) is 34.5 Å². The summed E-state index contributed by atoms with van der Waals surface area (Å²) in [5.74, 6) is 0.733. The van der Waals surface area contributed by atoms with E-state index in [0.717, 1.165) is 21.3 Å². The first-order chi connectivity index (χ1) is 10.6. The third-order valence-corrected chi connectivity index (χ3v) is 4.98. The molecule has 0 aliphatic rings. The van der Waals surface area contributed by atoms with Crippen LogP contribution in [0.25, 0.3) is 0 Å². The maximum atomic E-state index is 12.0. The summed E-state index contributed by atoms with van der Waals surface area (Å²) in [6.07, 6.45) is 0.562. The molecule has 6 heteroatoms. The number of amides is 1. The van der Waals surface area contributed by atoms with Crippen LogP contribution in [0.2, 0.25) is 0 Å². The van der Waals surface area contributed by atoms with Gasteiger partial charge in [0.15, 0.2) is 0 Å². The summed E-state index contributed by atoms with van der Waals surface area (Å²) in [7, 11) is 0. The molecule has 1 atom stereocenters. The fourth-order valence-electron chi connectivity index (χ4n) is 1.91. The van der Waals surface area contributed by atoms with E-state index in [-0.39, 0.29) is 18.6 Å². The molecule has 22 heavy (non-hydrogen) atoms. The van der Waals surface area contributed by atoms with Crippen LogP contribution in [0.3, 0.4) is 0 Å². The first-order valence-corrected chi connectivity index (χ1v) is 9.00. The van der Waals surface area contributed by atoms with Crippen molar-refractivity contribution in [2.45, 2.75) is 37.0 Å². The lowest BCUT2D eigenvalue weighted by Crippen LogP contribution is -2.33.